The van der Waals surface area contributed by atoms with E-state index >= 15 is 0 Å². The average molecular weight is 706 g/mol. The summed E-state index contributed by atoms with van der Waals surface area (Å²) >= 11 is 0. The second-order valence-electron chi connectivity index (χ2n) is 12.1. The van der Waals surface area contributed by atoms with E-state index in [1.807, 2.05) is 25.1 Å². The fraction of sp³-hybridized carbons (Fsp3) is 0.175. The third kappa shape index (κ3) is 7.83. The van der Waals surface area contributed by atoms with Crippen molar-refractivity contribution in [3.63, 3.8) is 0 Å². The number of carbonyl (C=O) groups is 2. The van der Waals surface area contributed by atoms with Gasteiger partial charge in [-0.15, -0.1) is 0 Å². The second-order valence-corrected chi connectivity index (χ2v) is 12.1. The Labute approximate surface area is 305 Å². The Morgan fingerprint density at radius 3 is 1.75 bits per heavy atom. The summed E-state index contributed by atoms with van der Waals surface area (Å²) in [5.41, 5.74) is 7.91. The third-order valence-corrected chi connectivity index (χ3v) is 8.60. The van der Waals surface area contributed by atoms with Crippen LogP contribution in [0.4, 0.5) is 21.0 Å². The van der Waals surface area contributed by atoms with Crippen molar-refractivity contribution in [3.8, 4) is 29.7 Å². The number of aromatic hydroxyl groups is 1. The standard InChI is InChI=1S/C24H18N4O3.C16H13N3O3/c1-16-23(30-14-20-4-2-3-19(9-20)11-26)21-15-31-24(29)28(22(21)12-27-16)13-18-7-5-17(10-25)6-8-18;1-10-15(20)13-9-22-16(21)19(14(13)7-18-10)8-12-4-2-11(6-17)3-5-12/h2-9,12H,13-15H2,1H3;2-5,7,20H,8-9H2,1H3. The maximum atomic E-state index is 12.5. The van der Waals surface area contributed by atoms with Gasteiger partial charge in [-0.05, 0) is 66.9 Å². The molecule has 4 heterocycles. The van der Waals surface area contributed by atoms with Crippen LogP contribution in [0.5, 0.6) is 11.5 Å². The maximum Gasteiger partial charge on any atom is 0.414 e. The summed E-state index contributed by atoms with van der Waals surface area (Å²) in [6.07, 6.45) is 2.27. The summed E-state index contributed by atoms with van der Waals surface area (Å²) in [7, 11) is 0. The van der Waals surface area contributed by atoms with E-state index in [-0.39, 0.29) is 38.7 Å². The second kappa shape index (κ2) is 15.6. The van der Waals surface area contributed by atoms with Gasteiger partial charge in [0.1, 0.15) is 31.3 Å². The number of fused-ring (bicyclic) bond motifs is 2. The monoisotopic (exact) mass is 705 g/mol. The zero-order chi connectivity index (χ0) is 37.5. The smallest absolute Gasteiger partial charge is 0.414 e. The predicted octanol–water partition coefficient (Wildman–Crippen LogP) is 6.99. The van der Waals surface area contributed by atoms with Gasteiger partial charge in [-0.25, -0.2) is 9.59 Å². The maximum absolute atomic E-state index is 12.5. The van der Waals surface area contributed by atoms with E-state index in [4.69, 9.17) is 30.0 Å². The molecule has 2 aliphatic heterocycles. The molecule has 2 aliphatic rings. The van der Waals surface area contributed by atoms with Crippen molar-refractivity contribution in [3.05, 3.63) is 141 Å². The van der Waals surface area contributed by atoms with E-state index < -0.39 is 12.2 Å². The predicted molar refractivity (Wildman–Crippen MR) is 190 cm³/mol. The topological polar surface area (TPSA) is 186 Å². The Kier molecular flexibility index (Phi) is 10.4. The van der Waals surface area contributed by atoms with E-state index in [1.54, 1.807) is 80.0 Å². The molecule has 53 heavy (non-hydrogen) atoms. The summed E-state index contributed by atoms with van der Waals surface area (Å²) in [4.78, 5) is 36.0. The summed E-state index contributed by atoms with van der Waals surface area (Å²) in [6.45, 7) is 4.48. The number of aryl methyl sites for hydroxylation is 2. The molecule has 0 saturated heterocycles. The highest BCUT2D eigenvalue weighted by molar-refractivity contribution is 5.91. The van der Waals surface area contributed by atoms with E-state index in [9.17, 15) is 14.7 Å². The first kappa shape index (κ1) is 35.4. The Morgan fingerprint density at radius 2 is 1.21 bits per heavy atom. The molecule has 13 nitrogen and oxygen atoms in total. The summed E-state index contributed by atoms with van der Waals surface area (Å²) in [5, 5.41) is 36.9. The Bertz CT molecular complexity index is 2320. The van der Waals surface area contributed by atoms with Crippen molar-refractivity contribution in [2.45, 2.75) is 46.8 Å². The molecular weight excluding hydrogens is 674 g/mol. The highest BCUT2D eigenvalue weighted by atomic mass is 16.6. The number of cyclic esters (lactones) is 2. The van der Waals surface area contributed by atoms with Crippen molar-refractivity contribution in [2.24, 2.45) is 0 Å². The summed E-state index contributed by atoms with van der Waals surface area (Å²) in [5.74, 6) is 0.618. The Hall–Kier alpha value is -7.43. The number of aromatic nitrogens is 2. The van der Waals surface area contributed by atoms with E-state index in [0.29, 0.717) is 50.8 Å². The van der Waals surface area contributed by atoms with E-state index in [2.05, 4.69) is 22.1 Å². The number of nitrogens with zero attached hydrogens (tertiary/aromatic N) is 7. The molecule has 0 spiro atoms. The van der Waals surface area contributed by atoms with Gasteiger partial charge in [-0.3, -0.25) is 19.8 Å². The molecule has 0 atom stereocenters. The molecule has 0 radical (unpaired) electrons. The molecule has 7 rings (SSSR count). The van der Waals surface area contributed by atoms with Gasteiger partial charge in [0.25, 0.3) is 0 Å². The zero-order valence-corrected chi connectivity index (χ0v) is 28.7. The van der Waals surface area contributed by atoms with Crippen LogP contribution in [0.2, 0.25) is 0 Å². The van der Waals surface area contributed by atoms with Crippen LogP contribution in [0.1, 0.15) is 55.9 Å². The number of amides is 2. The quantitative estimate of drug-likeness (QED) is 0.184. The molecule has 0 aliphatic carbocycles. The van der Waals surface area contributed by atoms with Gasteiger partial charge in [0.2, 0.25) is 0 Å². The van der Waals surface area contributed by atoms with Crippen molar-refractivity contribution >= 4 is 23.6 Å². The molecule has 0 fully saturated rings. The summed E-state index contributed by atoms with van der Waals surface area (Å²) in [6, 6.07) is 27.4. The normalized spacial score (nSPS) is 12.7. The lowest BCUT2D eigenvalue weighted by Gasteiger charge is -2.30. The lowest BCUT2D eigenvalue weighted by atomic mass is 10.1. The number of ether oxygens (including phenoxy) is 3. The third-order valence-electron chi connectivity index (χ3n) is 8.60. The number of hydrogen-bond acceptors (Lipinski definition) is 11. The van der Waals surface area contributed by atoms with Crippen LogP contribution in [0, 0.1) is 47.8 Å². The van der Waals surface area contributed by atoms with Crippen LogP contribution in [-0.2, 0) is 42.4 Å². The molecule has 5 aromatic rings. The van der Waals surface area contributed by atoms with Gasteiger partial charge in [-0.2, -0.15) is 15.8 Å². The lowest BCUT2D eigenvalue weighted by Crippen LogP contribution is -2.35. The van der Waals surface area contributed by atoms with E-state index in [0.717, 1.165) is 22.3 Å². The van der Waals surface area contributed by atoms with Gasteiger partial charge in [0.05, 0.1) is 94.3 Å². The van der Waals surface area contributed by atoms with Crippen molar-refractivity contribution in [1.82, 2.24) is 9.97 Å². The highest BCUT2D eigenvalue weighted by Crippen LogP contribution is 2.37. The molecular formula is C40H31N7O6. The van der Waals surface area contributed by atoms with Gasteiger partial charge in [-0.1, -0.05) is 36.4 Å². The van der Waals surface area contributed by atoms with Crippen LogP contribution in [0.3, 0.4) is 0 Å². The number of anilines is 2. The van der Waals surface area contributed by atoms with Crippen LogP contribution >= 0.6 is 0 Å². The lowest BCUT2D eigenvalue weighted by molar-refractivity contribution is 0.138. The fourth-order valence-electron chi connectivity index (χ4n) is 5.74. The number of carbonyl (C=O) groups excluding carboxylic acids is 2. The number of hydrogen-bond donors (Lipinski definition) is 1. The van der Waals surface area contributed by atoms with E-state index in [1.165, 1.54) is 9.80 Å². The highest BCUT2D eigenvalue weighted by Gasteiger charge is 2.31. The molecule has 13 heteroatoms. The molecule has 1 N–H and O–H groups in total. The molecule has 0 unspecified atom stereocenters. The Balaban J connectivity index is 0.000000192. The number of benzene rings is 3. The van der Waals surface area contributed by atoms with Gasteiger partial charge in [0, 0.05) is 0 Å². The first-order chi connectivity index (χ1) is 25.7. The van der Waals surface area contributed by atoms with Crippen LogP contribution in [-0.4, -0.2) is 27.3 Å². The SMILES string of the molecule is Cc1ncc2c(c1O)COC(=O)N2Cc1ccc(C#N)cc1.Cc1ncc2c(c1OCc1cccc(C#N)c1)COC(=O)N2Cc1ccc(C#N)cc1. The molecule has 262 valence electrons. The number of rotatable bonds is 7. The minimum atomic E-state index is -0.484. The first-order valence-electron chi connectivity index (χ1n) is 16.3. The molecule has 2 amide bonds. The molecule has 0 bridgehead atoms. The van der Waals surface area contributed by atoms with Crippen LogP contribution < -0.4 is 14.5 Å². The minimum Gasteiger partial charge on any atom is -0.506 e. The first-order valence-corrected chi connectivity index (χ1v) is 16.3. The molecule has 3 aromatic carbocycles. The van der Waals surface area contributed by atoms with Crippen LogP contribution in [0.15, 0.2) is 85.2 Å². The number of pyridine rings is 2. The zero-order valence-electron chi connectivity index (χ0n) is 28.7. The minimum absolute atomic E-state index is 0.0350. The number of nitriles is 3. The van der Waals surface area contributed by atoms with Gasteiger partial charge >= 0.3 is 12.2 Å². The van der Waals surface area contributed by atoms with Crippen molar-refractivity contribution in [2.75, 3.05) is 9.80 Å². The van der Waals surface area contributed by atoms with Crippen molar-refractivity contribution in [1.29, 1.82) is 15.8 Å². The van der Waals surface area contributed by atoms with Crippen LogP contribution in [0.25, 0.3) is 0 Å². The van der Waals surface area contributed by atoms with Gasteiger partial charge < -0.3 is 19.3 Å². The fourth-order valence-corrected chi connectivity index (χ4v) is 5.74. The van der Waals surface area contributed by atoms with Gasteiger partial charge in [0.15, 0.2) is 0 Å². The molecule has 0 saturated carbocycles. The van der Waals surface area contributed by atoms with Crippen molar-refractivity contribution < 1.29 is 28.9 Å². The largest absolute Gasteiger partial charge is 0.506 e. The molecule has 2 aromatic heterocycles. The Morgan fingerprint density at radius 1 is 0.698 bits per heavy atom. The average Bonchev–Trinajstić information content (AvgIpc) is 3.18. The summed E-state index contributed by atoms with van der Waals surface area (Å²) < 4.78 is 16.6.